The predicted octanol–water partition coefficient (Wildman–Crippen LogP) is 17.0. The standard InChI is InChI=1S/C61H45N/c1-61(2)54-33-13-9-29-53(54)60-52(32-19-34-55(60)61)50-28-12-16-37-58(50)62(56-35-14-10-26-47(56)45-40-38-43(39-41-45)42-20-5-3-6-21-42)57-36-15-11-27-49(57)51-31-18-25-46-24-17-30-48(59(46)51)44-22-7-4-8-23-44/h3-41H,1-2H3. The van der Waals surface area contributed by atoms with Crippen molar-refractivity contribution >= 4 is 27.8 Å². The zero-order valence-electron chi connectivity index (χ0n) is 35.0. The Morgan fingerprint density at radius 2 is 0.677 bits per heavy atom. The van der Waals surface area contributed by atoms with Crippen LogP contribution in [0.25, 0.3) is 77.5 Å². The summed E-state index contributed by atoms with van der Waals surface area (Å²) in [5.41, 5.74) is 20.5. The van der Waals surface area contributed by atoms with Crippen LogP contribution in [0.4, 0.5) is 17.1 Å². The molecule has 0 saturated heterocycles. The summed E-state index contributed by atoms with van der Waals surface area (Å²) in [6, 6.07) is 86.7. The first-order valence-corrected chi connectivity index (χ1v) is 21.6. The molecule has 0 unspecified atom stereocenters. The Bertz CT molecular complexity index is 3240. The monoisotopic (exact) mass is 791 g/mol. The largest absolute Gasteiger partial charge is 0.309 e. The van der Waals surface area contributed by atoms with Gasteiger partial charge < -0.3 is 4.90 Å². The molecule has 0 aromatic heterocycles. The van der Waals surface area contributed by atoms with Gasteiger partial charge in [-0.05, 0) is 90.2 Å². The Kier molecular flexibility index (Phi) is 9.24. The van der Waals surface area contributed by atoms with E-state index < -0.39 is 0 Å². The number of para-hydroxylation sites is 3. The lowest BCUT2D eigenvalue weighted by molar-refractivity contribution is 0.660. The highest BCUT2D eigenvalue weighted by Gasteiger charge is 2.37. The van der Waals surface area contributed by atoms with Crippen LogP contribution in [-0.4, -0.2) is 0 Å². The number of hydrogen-bond donors (Lipinski definition) is 0. The third kappa shape index (κ3) is 6.25. The first kappa shape index (κ1) is 37.3. The topological polar surface area (TPSA) is 3.24 Å². The lowest BCUT2D eigenvalue weighted by Crippen LogP contribution is -2.15. The van der Waals surface area contributed by atoms with Gasteiger partial charge in [0.25, 0.3) is 0 Å². The van der Waals surface area contributed by atoms with E-state index in [1.807, 2.05) is 0 Å². The molecule has 0 radical (unpaired) electrons. The SMILES string of the molecule is CC1(C)c2ccccc2-c2c(-c3ccccc3N(c3ccccc3-c3ccc(-c4ccccc4)cc3)c3ccccc3-c3cccc4cccc(-c5ccccc5)c34)cccc21. The highest BCUT2D eigenvalue weighted by Crippen LogP contribution is 2.55. The maximum Gasteiger partial charge on any atom is 0.0540 e. The van der Waals surface area contributed by atoms with Crippen LogP contribution in [0.15, 0.2) is 237 Å². The molecule has 62 heavy (non-hydrogen) atoms. The molecule has 0 saturated carbocycles. The number of hydrogen-bond acceptors (Lipinski definition) is 1. The van der Waals surface area contributed by atoms with Crippen LogP contribution in [0.5, 0.6) is 0 Å². The molecule has 11 rings (SSSR count). The smallest absolute Gasteiger partial charge is 0.0540 e. The van der Waals surface area contributed by atoms with E-state index in [1.165, 1.54) is 72.0 Å². The fourth-order valence-electron chi connectivity index (χ4n) is 9.97. The summed E-state index contributed by atoms with van der Waals surface area (Å²) >= 11 is 0. The van der Waals surface area contributed by atoms with Crippen molar-refractivity contribution in [3.05, 3.63) is 248 Å². The minimum absolute atomic E-state index is 0.119. The van der Waals surface area contributed by atoms with E-state index in [1.54, 1.807) is 0 Å². The van der Waals surface area contributed by atoms with Gasteiger partial charge in [-0.3, -0.25) is 0 Å². The van der Waals surface area contributed by atoms with E-state index in [2.05, 4.69) is 255 Å². The number of anilines is 3. The van der Waals surface area contributed by atoms with Crippen molar-refractivity contribution in [1.82, 2.24) is 0 Å². The summed E-state index contributed by atoms with van der Waals surface area (Å²) in [6.07, 6.45) is 0. The third-order valence-corrected chi connectivity index (χ3v) is 12.9. The molecular formula is C61H45N. The van der Waals surface area contributed by atoms with E-state index in [0.29, 0.717) is 0 Å². The molecular weight excluding hydrogens is 747 g/mol. The molecule has 0 spiro atoms. The Hall–Kier alpha value is -7.74. The second-order valence-electron chi connectivity index (χ2n) is 16.8. The molecule has 10 aromatic rings. The first-order chi connectivity index (χ1) is 30.6. The number of benzene rings is 10. The van der Waals surface area contributed by atoms with Gasteiger partial charge in [-0.15, -0.1) is 0 Å². The van der Waals surface area contributed by atoms with Gasteiger partial charge in [0.2, 0.25) is 0 Å². The average molecular weight is 792 g/mol. The van der Waals surface area contributed by atoms with Gasteiger partial charge in [0.1, 0.15) is 0 Å². The van der Waals surface area contributed by atoms with E-state index >= 15 is 0 Å². The van der Waals surface area contributed by atoms with E-state index in [9.17, 15) is 0 Å². The first-order valence-electron chi connectivity index (χ1n) is 21.6. The lowest BCUT2D eigenvalue weighted by Gasteiger charge is -2.32. The zero-order valence-corrected chi connectivity index (χ0v) is 35.0. The Labute approximate surface area is 364 Å². The fraction of sp³-hybridized carbons (Fsp3) is 0.0492. The molecule has 1 nitrogen and oxygen atoms in total. The van der Waals surface area contributed by atoms with Crippen LogP contribution in [0, 0.1) is 0 Å². The summed E-state index contributed by atoms with van der Waals surface area (Å²) in [7, 11) is 0. The number of rotatable bonds is 8. The van der Waals surface area contributed by atoms with Gasteiger partial charge in [0, 0.05) is 22.1 Å². The number of nitrogens with zero attached hydrogens (tertiary/aromatic N) is 1. The fourth-order valence-corrected chi connectivity index (χ4v) is 9.97. The minimum atomic E-state index is -0.119. The van der Waals surface area contributed by atoms with Crippen LogP contribution in [0.2, 0.25) is 0 Å². The van der Waals surface area contributed by atoms with Crippen LogP contribution >= 0.6 is 0 Å². The quantitative estimate of drug-likeness (QED) is 0.148. The zero-order chi connectivity index (χ0) is 41.6. The van der Waals surface area contributed by atoms with Crippen LogP contribution in [0.3, 0.4) is 0 Å². The van der Waals surface area contributed by atoms with E-state index in [0.717, 1.165) is 33.8 Å². The van der Waals surface area contributed by atoms with Gasteiger partial charge in [-0.25, -0.2) is 0 Å². The molecule has 0 atom stereocenters. The van der Waals surface area contributed by atoms with Crippen molar-refractivity contribution < 1.29 is 0 Å². The highest BCUT2D eigenvalue weighted by atomic mass is 15.1. The van der Waals surface area contributed by atoms with Gasteiger partial charge in [-0.1, -0.05) is 232 Å². The van der Waals surface area contributed by atoms with Crippen molar-refractivity contribution in [1.29, 1.82) is 0 Å². The van der Waals surface area contributed by atoms with Crippen molar-refractivity contribution in [3.63, 3.8) is 0 Å². The van der Waals surface area contributed by atoms with Crippen molar-refractivity contribution in [3.8, 4) is 66.8 Å². The number of fused-ring (bicyclic) bond motifs is 4. The van der Waals surface area contributed by atoms with E-state index in [-0.39, 0.29) is 5.41 Å². The molecule has 1 aliphatic rings. The van der Waals surface area contributed by atoms with Gasteiger partial charge in [0.05, 0.1) is 17.1 Å². The summed E-state index contributed by atoms with van der Waals surface area (Å²) in [5, 5.41) is 2.46. The highest BCUT2D eigenvalue weighted by molar-refractivity contribution is 6.10. The van der Waals surface area contributed by atoms with Crippen molar-refractivity contribution in [2.45, 2.75) is 19.3 Å². The normalized spacial score (nSPS) is 12.5. The second-order valence-corrected chi connectivity index (χ2v) is 16.8. The van der Waals surface area contributed by atoms with Crippen LogP contribution in [-0.2, 0) is 5.41 Å². The van der Waals surface area contributed by atoms with Gasteiger partial charge >= 0.3 is 0 Å². The molecule has 0 fully saturated rings. The average Bonchev–Trinajstić information content (AvgIpc) is 3.58. The third-order valence-electron chi connectivity index (χ3n) is 12.9. The second kappa shape index (κ2) is 15.4. The van der Waals surface area contributed by atoms with Gasteiger partial charge in [0.15, 0.2) is 0 Å². The summed E-state index contributed by atoms with van der Waals surface area (Å²) in [6.45, 7) is 4.73. The Morgan fingerprint density at radius 1 is 0.274 bits per heavy atom. The molecule has 1 heteroatoms. The van der Waals surface area contributed by atoms with Crippen LogP contribution < -0.4 is 4.90 Å². The molecule has 0 N–H and O–H groups in total. The van der Waals surface area contributed by atoms with Gasteiger partial charge in [-0.2, -0.15) is 0 Å². The molecule has 0 heterocycles. The maximum atomic E-state index is 2.53. The maximum absolute atomic E-state index is 2.53. The summed E-state index contributed by atoms with van der Waals surface area (Å²) in [4.78, 5) is 2.53. The van der Waals surface area contributed by atoms with Crippen molar-refractivity contribution in [2.75, 3.05) is 4.90 Å². The van der Waals surface area contributed by atoms with Crippen molar-refractivity contribution in [2.24, 2.45) is 0 Å². The van der Waals surface area contributed by atoms with Crippen LogP contribution in [0.1, 0.15) is 25.0 Å². The molecule has 10 aromatic carbocycles. The molecule has 0 aliphatic heterocycles. The Balaban J connectivity index is 1.18. The molecule has 294 valence electrons. The Morgan fingerprint density at radius 3 is 1.34 bits per heavy atom. The van der Waals surface area contributed by atoms with E-state index in [4.69, 9.17) is 0 Å². The molecule has 0 amide bonds. The molecule has 1 aliphatic carbocycles. The minimum Gasteiger partial charge on any atom is -0.309 e. The predicted molar refractivity (Wildman–Crippen MR) is 263 cm³/mol. The molecule has 0 bridgehead atoms. The summed E-state index contributed by atoms with van der Waals surface area (Å²) in [5.74, 6) is 0. The summed E-state index contributed by atoms with van der Waals surface area (Å²) < 4.78 is 0. The lowest BCUT2D eigenvalue weighted by atomic mass is 9.82.